The number of hydrogen-bond donors (Lipinski definition) is 0. The first-order valence-electron chi connectivity index (χ1n) is 9.33. The van der Waals surface area contributed by atoms with Crippen LogP contribution in [0.5, 0.6) is 5.75 Å². The summed E-state index contributed by atoms with van der Waals surface area (Å²) in [5, 5.41) is 0.217. The van der Waals surface area contributed by atoms with Crippen LogP contribution in [0.3, 0.4) is 0 Å². The molecule has 0 unspecified atom stereocenters. The summed E-state index contributed by atoms with van der Waals surface area (Å²) in [7, 11) is -2.33. The van der Waals surface area contributed by atoms with Crippen molar-refractivity contribution in [1.82, 2.24) is 0 Å². The van der Waals surface area contributed by atoms with Gasteiger partial charge >= 0.3 is 0 Å². The maximum absolute atomic E-state index is 6.58. The minimum Gasteiger partial charge on any atom is -0.520 e. The van der Waals surface area contributed by atoms with E-state index in [-0.39, 0.29) is 10.1 Å². The molecule has 0 N–H and O–H groups in total. The van der Waals surface area contributed by atoms with E-state index in [1.165, 1.54) is 0 Å². The molecule has 0 bridgehead atoms. The van der Waals surface area contributed by atoms with Gasteiger partial charge in [-0.25, -0.2) is 0 Å². The number of rotatable bonds is 6. The van der Waals surface area contributed by atoms with E-state index in [0.717, 1.165) is 11.3 Å². The highest BCUT2D eigenvalue weighted by atomic mass is 28.4. The average molecular weight is 395 g/mol. The number of benzene rings is 1. The maximum atomic E-state index is 6.58. The minimum absolute atomic E-state index is 0.108. The standard InChI is InChI=1S/C21H38O3Si2/c1-20(2,3)25(8,9)23-19(24-26(10,11)21(4,5)6)16-17-13-12-14-18(15-17)22-7/h12-16H,1-11H3. The smallest absolute Gasteiger partial charge is 0.254 e. The normalized spacial score (nSPS) is 13.2. The molecule has 0 saturated heterocycles. The summed E-state index contributed by atoms with van der Waals surface area (Å²) in [6.45, 7) is 22.5. The lowest BCUT2D eigenvalue weighted by Crippen LogP contribution is -2.45. The summed E-state index contributed by atoms with van der Waals surface area (Å²) < 4.78 is 18.5. The van der Waals surface area contributed by atoms with Gasteiger partial charge in [0, 0.05) is 6.08 Å². The molecule has 1 rings (SSSR count). The predicted octanol–water partition coefficient (Wildman–Crippen LogP) is 7.04. The zero-order valence-corrected chi connectivity index (χ0v) is 20.6. The molecule has 5 heteroatoms. The molecule has 0 aliphatic heterocycles. The average Bonchev–Trinajstić information content (AvgIpc) is 2.44. The lowest BCUT2D eigenvalue weighted by atomic mass is 10.2. The van der Waals surface area contributed by atoms with Gasteiger partial charge in [0.05, 0.1) is 7.11 Å². The number of ether oxygens (including phenoxy) is 1. The Morgan fingerprint density at radius 3 is 1.69 bits per heavy atom. The van der Waals surface area contributed by atoms with Gasteiger partial charge in [-0.2, -0.15) is 0 Å². The Morgan fingerprint density at radius 1 is 0.846 bits per heavy atom. The highest BCUT2D eigenvalue weighted by Crippen LogP contribution is 2.42. The predicted molar refractivity (Wildman–Crippen MR) is 118 cm³/mol. The molecule has 148 valence electrons. The van der Waals surface area contributed by atoms with Crippen LogP contribution in [-0.2, 0) is 8.85 Å². The summed E-state index contributed by atoms with van der Waals surface area (Å²) in [5.74, 6) is 1.48. The maximum Gasteiger partial charge on any atom is 0.254 e. The molecule has 0 atom stereocenters. The van der Waals surface area contributed by atoms with Gasteiger partial charge in [0.1, 0.15) is 5.75 Å². The van der Waals surface area contributed by atoms with Crippen LogP contribution >= 0.6 is 0 Å². The van der Waals surface area contributed by atoms with Crippen molar-refractivity contribution in [3.8, 4) is 5.75 Å². The van der Waals surface area contributed by atoms with Crippen molar-refractivity contribution in [3.05, 3.63) is 35.8 Å². The molecule has 0 spiro atoms. The van der Waals surface area contributed by atoms with Gasteiger partial charge in [-0.3, -0.25) is 0 Å². The topological polar surface area (TPSA) is 27.7 Å². The van der Waals surface area contributed by atoms with Crippen LogP contribution in [0.2, 0.25) is 36.3 Å². The zero-order valence-electron chi connectivity index (χ0n) is 18.6. The third-order valence-corrected chi connectivity index (χ3v) is 14.3. The quantitative estimate of drug-likeness (QED) is 0.382. The van der Waals surface area contributed by atoms with Gasteiger partial charge in [-0.1, -0.05) is 53.7 Å². The second kappa shape index (κ2) is 7.81. The number of methoxy groups -OCH3 is 1. The molecule has 0 radical (unpaired) electrons. The first kappa shape index (κ1) is 22.8. The van der Waals surface area contributed by atoms with Crippen LogP contribution in [0.1, 0.15) is 47.1 Å². The van der Waals surface area contributed by atoms with Crippen molar-refractivity contribution < 1.29 is 13.6 Å². The Bertz CT molecular complexity index is 605. The molecule has 0 aromatic heterocycles. The summed E-state index contributed by atoms with van der Waals surface area (Å²) >= 11 is 0. The molecule has 0 aliphatic carbocycles. The Kier molecular flexibility index (Phi) is 6.86. The van der Waals surface area contributed by atoms with Crippen molar-refractivity contribution in [1.29, 1.82) is 0 Å². The third-order valence-electron chi connectivity index (χ3n) is 5.70. The third kappa shape index (κ3) is 5.91. The molecule has 0 heterocycles. The fraction of sp³-hybridized carbons (Fsp3) is 0.619. The monoisotopic (exact) mass is 394 g/mol. The second-order valence-corrected chi connectivity index (χ2v) is 19.4. The summed E-state index contributed by atoms with van der Waals surface area (Å²) in [6, 6.07) is 7.98. The molecular formula is C21H38O3Si2. The Hall–Kier alpha value is -1.21. The van der Waals surface area contributed by atoms with E-state index in [2.05, 4.69) is 67.7 Å². The van der Waals surface area contributed by atoms with E-state index in [1.807, 2.05) is 30.3 Å². The first-order valence-corrected chi connectivity index (χ1v) is 15.1. The van der Waals surface area contributed by atoms with E-state index >= 15 is 0 Å². The van der Waals surface area contributed by atoms with Gasteiger partial charge in [0.2, 0.25) is 0 Å². The minimum atomic E-state index is -2.00. The van der Waals surface area contributed by atoms with Crippen LogP contribution in [-0.4, -0.2) is 23.7 Å². The van der Waals surface area contributed by atoms with Gasteiger partial charge < -0.3 is 13.6 Å². The summed E-state index contributed by atoms with van der Waals surface area (Å²) in [4.78, 5) is 0. The van der Waals surface area contributed by atoms with Gasteiger partial charge in [0.15, 0.2) is 0 Å². The molecule has 0 fully saturated rings. The molecule has 1 aromatic rings. The van der Waals surface area contributed by atoms with E-state index in [9.17, 15) is 0 Å². The number of hydrogen-bond acceptors (Lipinski definition) is 3. The lowest BCUT2D eigenvalue weighted by molar-refractivity contribution is 0.201. The summed E-state index contributed by atoms with van der Waals surface area (Å²) in [5.41, 5.74) is 1.02. The molecule has 3 nitrogen and oxygen atoms in total. The molecule has 0 amide bonds. The fourth-order valence-electron chi connectivity index (χ4n) is 1.76. The SMILES string of the molecule is COc1cccc(C=C(O[Si](C)(C)C(C)(C)C)O[Si](C)(C)C(C)(C)C)c1. The van der Waals surface area contributed by atoms with Crippen LogP contribution < -0.4 is 4.74 Å². The Morgan fingerprint density at radius 2 is 1.31 bits per heavy atom. The molecular weight excluding hydrogens is 356 g/mol. The van der Waals surface area contributed by atoms with Crippen molar-refractivity contribution >= 4 is 22.7 Å². The van der Waals surface area contributed by atoms with Crippen LogP contribution in [0, 0.1) is 0 Å². The fourth-order valence-corrected chi connectivity index (χ4v) is 3.66. The van der Waals surface area contributed by atoms with E-state index in [1.54, 1.807) is 7.11 Å². The van der Waals surface area contributed by atoms with Gasteiger partial charge in [0.25, 0.3) is 22.6 Å². The first-order chi connectivity index (χ1) is 11.6. The van der Waals surface area contributed by atoms with Gasteiger partial charge in [-0.15, -0.1) is 0 Å². The van der Waals surface area contributed by atoms with Crippen molar-refractivity contribution in [3.63, 3.8) is 0 Å². The van der Waals surface area contributed by atoms with Crippen LogP contribution in [0.4, 0.5) is 0 Å². The zero-order chi connectivity index (χ0) is 20.4. The Balaban J connectivity index is 3.31. The highest BCUT2D eigenvalue weighted by molar-refractivity contribution is 6.75. The molecule has 0 aliphatic rings. The van der Waals surface area contributed by atoms with Crippen molar-refractivity contribution in [2.24, 2.45) is 0 Å². The molecule has 26 heavy (non-hydrogen) atoms. The van der Waals surface area contributed by atoms with E-state index in [4.69, 9.17) is 13.6 Å². The lowest BCUT2D eigenvalue weighted by Gasteiger charge is -2.41. The van der Waals surface area contributed by atoms with E-state index in [0.29, 0.717) is 5.95 Å². The van der Waals surface area contributed by atoms with Crippen molar-refractivity contribution in [2.45, 2.75) is 77.8 Å². The Labute approximate surface area is 163 Å². The molecule has 0 saturated carbocycles. The second-order valence-electron chi connectivity index (χ2n) is 9.96. The van der Waals surface area contributed by atoms with Crippen molar-refractivity contribution in [2.75, 3.05) is 7.11 Å². The van der Waals surface area contributed by atoms with Crippen LogP contribution in [0.25, 0.3) is 6.08 Å². The van der Waals surface area contributed by atoms with Crippen LogP contribution in [0.15, 0.2) is 30.2 Å². The highest BCUT2D eigenvalue weighted by Gasteiger charge is 2.43. The summed E-state index contributed by atoms with van der Waals surface area (Å²) in [6.07, 6.45) is 2.02. The van der Waals surface area contributed by atoms with Gasteiger partial charge in [-0.05, 0) is 54.0 Å². The largest absolute Gasteiger partial charge is 0.520 e. The van der Waals surface area contributed by atoms with E-state index < -0.39 is 16.6 Å². The molecule has 1 aromatic carbocycles.